The Labute approximate surface area is 149 Å². The van der Waals surface area contributed by atoms with E-state index in [1.807, 2.05) is 18.2 Å². The topological polar surface area (TPSA) is 29.1 Å². The van der Waals surface area contributed by atoms with Crippen molar-refractivity contribution >= 4 is 17.7 Å². The zero-order valence-corrected chi connectivity index (χ0v) is 15.1. The molecular weight excluding hydrogens is 314 g/mol. The first-order valence-electron chi connectivity index (χ1n) is 8.81. The van der Waals surface area contributed by atoms with Gasteiger partial charge in [-0.1, -0.05) is 36.4 Å². The average Bonchev–Trinajstić information content (AvgIpc) is 2.62. The molecule has 2 aromatic rings. The van der Waals surface area contributed by atoms with Crippen LogP contribution in [0.1, 0.15) is 48.9 Å². The Morgan fingerprint density at radius 1 is 1.08 bits per heavy atom. The summed E-state index contributed by atoms with van der Waals surface area (Å²) in [7, 11) is 0. The van der Waals surface area contributed by atoms with Gasteiger partial charge in [-0.25, -0.2) is 0 Å². The molecule has 0 radical (unpaired) electrons. The Balaban J connectivity index is 1.49. The molecule has 1 aliphatic rings. The summed E-state index contributed by atoms with van der Waals surface area (Å²) in [6, 6.07) is 17.0. The minimum atomic E-state index is 0.0754. The Bertz CT molecular complexity index is 683. The highest BCUT2D eigenvalue weighted by molar-refractivity contribution is 7.99. The predicted molar refractivity (Wildman–Crippen MR) is 101 cm³/mol. The smallest absolute Gasteiger partial charge is 0.221 e. The third-order valence-corrected chi connectivity index (χ3v) is 5.60. The molecule has 0 saturated heterocycles. The number of thioether (sulfide) groups is 1. The predicted octanol–water partition coefficient (Wildman–Crippen LogP) is 4.93. The molecule has 3 rings (SSSR count). The van der Waals surface area contributed by atoms with Crippen molar-refractivity contribution in [2.75, 3.05) is 5.75 Å². The lowest BCUT2D eigenvalue weighted by atomic mass is 9.89. The minimum Gasteiger partial charge on any atom is -0.350 e. The number of hydrogen-bond acceptors (Lipinski definition) is 2. The average molecular weight is 340 g/mol. The second kappa shape index (κ2) is 8.39. The van der Waals surface area contributed by atoms with Crippen LogP contribution in [0.25, 0.3) is 0 Å². The number of carbonyl (C=O) groups excluding carboxylic acids is 1. The highest BCUT2D eigenvalue weighted by Gasteiger charge is 2.14. The van der Waals surface area contributed by atoms with Gasteiger partial charge in [-0.3, -0.25) is 4.79 Å². The number of rotatable bonds is 6. The molecule has 1 aliphatic carbocycles. The fraction of sp³-hybridized carbons (Fsp3) is 0.381. The summed E-state index contributed by atoms with van der Waals surface area (Å²) in [5.41, 5.74) is 4.18. The second-order valence-electron chi connectivity index (χ2n) is 6.44. The fourth-order valence-electron chi connectivity index (χ4n) is 3.20. The molecule has 1 amide bonds. The molecular formula is C21H25NOS. The summed E-state index contributed by atoms with van der Waals surface area (Å²) in [5, 5.41) is 3.14. The van der Waals surface area contributed by atoms with E-state index in [0.717, 1.165) is 5.75 Å². The van der Waals surface area contributed by atoms with Crippen LogP contribution in [-0.4, -0.2) is 11.7 Å². The Kier molecular flexibility index (Phi) is 5.97. The summed E-state index contributed by atoms with van der Waals surface area (Å²) in [6.07, 6.45) is 5.52. The van der Waals surface area contributed by atoms with Crippen LogP contribution in [0.2, 0.25) is 0 Å². The number of aryl methyl sites for hydroxylation is 2. The maximum Gasteiger partial charge on any atom is 0.221 e. The van der Waals surface area contributed by atoms with Crippen LogP contribution in [0.4, 0.5) is 0 Å². The molecule has 0 fully saturated rings. The second-order valence-corrected chi connectivity index (χ2v) is 7.60. The Hall–Kier alpha value is -1.74. The van der Waals surface area contributed by atoms with Gasteiger partial charge >= 0.3 is 0 Å². The molecule has 2 aromatic carbocycles. The summed E-state index contributed by atoms with van der Waals surface area (Å²) in [4.78, 5) is 13.4. The molecule has 0 aliphatic heterocycles. The van der Waals surface area contributed by atoms with E-state index in [9.17, 15) is 4.79 Å². The van der Waals surface area contributed by atoms with Gasteiger partial charge in [0.1, 0.15) is 0 Å². The number of fused-ring (bicyclic) bond motifs is 1. The molecule has 0 saturated carbocycles. The summed E-state index contributed by atoms with van der Waals surface area (Å²) in [5.74, 6) is 0.941. The quantitative estimate of drug-likeness (QED) is 0.757. The van der Waals surface area contributed by atoms with E-state index in [-0.39, 0.29) is 11.9 Å². The molecule has 0 bridgehead atoms. The molecule has 0 spiro atoms. The zero-order valence-electron chi connectivity index (χ0n) is 14.3. The van der Waals surface area contributed by atoms with Crippen molar-refractivity contribution in [3.63, 3.8) is 0 Å². The zero-order chi connectivity index (χ0) is 16.8. The molecule has 24 heavy (non-hydrogen) atoms. The third kappa shape index (κ3) is 4.64. The summed E-state index contributed by atoms with van der Waals surface area (Å²) in [6.45, 7) is 2.08. The van der Waals surface area contributed by atoms with Crippen LogP contribution in [-0.2, 0) is 17.6 Å². The van der Waals surface area contributed by atoms with E-state index in [0.29, 0.717) is 6.42 Å². The van der Waals surface area contributed by atoms with Crippen molar-refractivity contribution in [3.05, 3.63) is 65.2 Å². The van der Waals surface area contributed by atoms with Gasteiger partial charge in [-0.05, 0) is 61.4 Å². The Morgan fingerprint density at radius 3 is 2.62 bits per heavy atom. The highest BCUT2D eigenvalue weighted by Crippen LogP contribution is 2.25. The maximum absolute atomic E-state index is 12.2. The van der Waals surface area contributed by atoms with Gasteiger partial charge in [0.2, 0.25) is 5.91 Å². The molecule has 126 valence electrons. The number of hydrogen-bond donors (Lipinski definition) is 1. The first kappa shape index (κ1) is 17.1. The molecule has 0 heterocycles. The van der Waals surface area contributed by atoms with Crippen molar-refractivity contribution in [2.45, 2.75) is 50.0 Å². The monoisotopic (exact) mass is 339 g/mol. The van der Waals surface area contributed by atoms with E-state index in [2.05, 4.69) is 42.6 Å². The van der Waals surface area contributed by atoms with Gasteiger partial charge in [0.25, 0.3) is 0 Å². The molecule has 1 N–H and O–H groups in total. The lowest BCUT2D eigenvalue weighted by molar-refractivity contribution is -0.121. The van der Waals surface area contributed by atoms with Crippen molar-refractivity contribution in [1.82, 2.24) is 5.32 Å². The van der Waals surface area contributed by atoms with Gasteiger partial charge < -0.3 is 5.32 Å². The SMILES string of the molecule is C[C@@H](NC(=O)CCSc1ccccc1)c1ccc2c(c1)CCCC2. The van der Waals surface area contributed by atoms with Crippen molar-refractivity contribution in [1.29, 1.82) is 0 Å². The van der Waals surface area contributed by atoms with Crippen LogP contribution in [0.5, 0.6) is 0 Å². The van der Waals surface area contributed by atoms with Crippen LogP contribution >= 0.6 is 11.8 Å². The summed E-state index contributed by atoms with van der Waals surface area (Å²) < 4.78 is 0. The third-order valence-electron chi connectivity index (χ3n) is 4.59. The van der Waals surface area contributed by atoms with E-state index in [1.54, 1.807) is 11.8 Å². The number of amides is 1. The number of carbonyl (C=O) groups is 1. The molecule has 2 nitrogen and oxygen atoms in total. The van der Waals surface area contributed by atoms with Crippen molar-refractivity contribution in [2.24, 2.45) is 0 Å². The number of benzene rings is 2. The van der Waals surface area contributed by atoms with Crippen LogP contribution in [0.3, 0.4) is 0 Å². The van der Waals surface area contributed by atoms with Gasteiger partial charge in [0.05, 0.1) is 6.04 Å². The number of nitrogens with one attached hydrogen (secondary N) is 1. The lowest BCUT2D eigenvalue weighted by Gasteiger charge is -2.20. The van der Waals surface area contributed by atoms with Crippen LogP contribution in [0, 0.1) is 0 Å². The Morgan fingerprint density at radius 2 is 1.83 bits per heavy atom. The standard InChI is InChI=1S/C21H25NOS/c1-16(18-12-11-17-7-5-6-8-19(17)15-18)22-21(23)13-14-24-20-9-3-2-4-10-20/h2-4,9-12,15-16H,5-8,13-14H2,1H3,(H,22,23)/t16-/m1/s1. The molecule has 0 unspecified atom stereocenters. The summed E-state index contributed by atoms with van der Waals surface area (Å²) >= 11 is 1.73. The normalized spacial score (nSPS) is 14.7. The van der Waals surface area contributed by atoms with E-state index in [4.69, 9.17) is 0 Å². The van der Waals surface area contributed by atoms with Crippen LogP contribution in [0.15, 0.2) is 53.4 Å². The largest absolute Gasteiger partial charge is 0.350 e. The molecule has 1 atom stereocenters. The van der Waals surface area contributed by atoms with E-state index >= 15 is 0 Å². The van der Waals surface area contributed by atoms with Gasteiger partial charge in [-0.15, -0.1) is 11.8 Å². The fourth-order valence-corrected chi connectivity index (χ4v) is 4.07. The van der Waals surface area contributed by atoms with E-state index in [1.165, 1.54) is 47.3 Å². The first-order valence-corrected chi connectivity index (χ1v) is 9.80. The molecule has 0 aromatic heterocycles. The van der Waals surface area contributed by atoms with Crippen molar-refractivity contribution in [3.8, 4) is 0 Å². The molecule has 3 heteroatoms. The van der Waals surface area contributed by atoms with Crippen LogP contribution < -0.4 is 5.32 Å². The lowest BCUT2D eigenvalue weighted by Crippen LogP contribution is -2.27. The minimum absolute atomic E-state index is 0.0754. The van der Waals surface area contributed by atoms with Gasteiger partial charge in [-0.2, -0.15) is 0 Å². The van der Waals surface area contributed by atoms with E-state index < -0.39 is 0 Å². The first-order chi connectivity index (χ1) is 11.7. The van der Waals surface area contributed by atoms with Gasteiger partial charge in [0.15, 0.2) is 0 Å². The van der Waals surface area contributed by atoms with Gasteiger partial charge in [0, 0.05) is 17.1 Å². The maximum atomic E-state index is 12.2. The van der Waals surface area contributed by atoms with Crippen molar-refractivity contribution < 1.29 is 4.79 Å². The highest BCUT2D eigenvalue weighted by atomic mass is 32.2.